The predicted octanol–water partition coefficient (Wildman–Crippen LogP) is 5.36. The first kappa shape index (κ1) is 35.6. The molecule has 2 heterocycles. The highest BCUT2D eigenvalue weighted by Crippen LogP contribution is 2.21. The molecule has 6 N–H and O–H groups in total. The van der Waals surface area contributed by atoms with Crippen molar-refractivity contribution in [1.29, 1.82) is 0 Å². The largest absolute Gasteiger partial charge is 0.444 e. The third-order valence-corrected chi connectivity index (χ3v) is 7.17. The molecule has 12 heteroatoms. The number of hydrogen-bond acceptors (Lipinski definition) is 6. The van der Waals surface area contributed by atoms with Gasteiger partial charge in [0.15, 0.2) is 0 Å². The summed E-state index contributed by atoms with van der Waals surface area (Å²) in [5.41, 5.74) is 2.16. The van der Waals surface area contributed by atoms with Crippen molar-refractivity contribution in [1.82, 2.24) is 31.2 Å². The first-order valence-electron chi connectivity index (χ1n) is 16.0. The summed E-state index contributed by atoms with van der Waals surface area (Å²) >= 11 is 0. The van der Waals surface area contributed by atoms with Gasteiger partial charge in [-0.15, -0.1) is 0 Å². The molecule has 0 radical (unpaired) electrons. The van der Waals surface area contributed by atoms with E-state index in [1.807, 2.05) is 60.9 Å². The van der Waals surface area contributed by atoms with Crippen LogP contribution in [0.2, 0.25) is 0 Å². The van der Waals surface area contributed by atoms with E-state index in [1.165, 1.54) is 6.20 Å². The molecule has 0 aliphatic carbocycles. The summed E-state index contributed by atoms with van der Waals surface area (Å²) in [4.78, 5) is 58.0. The molecule has 0 saturated heterocycles. The summed E-state index contributed by atoms with van der Waals surface area (Å²) in [6.07, 6.45) is 6.33. The van der Waals surface area contributed by atoms with E-state index in [0.29, 0.717) is 6.42 Å². The Kier molecular flexibility index (Phi) is 11.5. The molecule has 4 amide bonds. The number of aromatic amines is 2. The van der Waals surface area contributed by atoms with E-state index in [-0.39, 0.29) is 25.3 Å². The molecule has 0 saturated carbocycles. The molecule has 0 aliphatic rings. The molecule has 2 aromatic heterocycles. The molecule has 256 valence electrons. The Morgan fingerprint density at radius 1 is 0.708 bits per heavy atom. The maximum Gasteiger partial charge on any atom is 0.408 e. The predicted molar refractivity (Wildman–Crippen MR) is 185 cm³/mol. The fourth-order valence-electron chi connectivity index (χ4n) is 5.09. The number of carbonyl (C=O) groups is 4. The number of aromatic nitrogens is 2. The van der Waals surface area contributed by atoms with E-state index in [2.05, 4.69) is 31.2 Å². The van der Waals surface area contributed by atoms with Gasteiger partial charge in [-0.1, -0.05) is 42.5 Å². The van der Waals surface area contributed by atoms with Gasteiger partial charge in [0.1, 0.15) is 23.3 Å². The molecule has 48 heavy (non-hydrogen) atoms. The molecule has 0 aliphatic heterocycles. The van der Waals surface area contributed by atoms with Crippen molar-refractivity contribution in [2.45, 2.75) is 84.1 Å². The first-order chi connectivity index (χ1) is 22.7. The van der Waals surface area contributed by atoms with E-state index in [4.69, 9.17) is 9.47 Å². The van der Waals surface area contributed by atoms with Gasteiger partial charge in [0.25, 0.3) is 0 Å². The zero-order valence-corrected chi connectivity index (χ0v) is 28.4. The van der Waals surface area contributed by atoms with Crippen LogP contribution in [0.4, 0.5) is 9.59 Å². The number of carbonyl (C=O) groups excluding carboxylic acids is 4. The van der Waals surface area contributed by atoms with E-state index in [1.54, 1.807) is 47.6 Å². The zero-order valence-electron chi connectivity index (χ0n) is 28.4. The summed E-state index contributed by atoms with van der Waals surface area (Å²) < 4.78 is 10.8. The standard InChI is InChI=1S/C36H46N6O6/c1-35(2,3)47-33(45)41-29(19-23-21-39-27-15-9-7-13-25(23)27)31(43)37-17-11-12-18-38-32(44)30(42-34(46)48-36(4,5)6)20-24-22-40-28-16-10-8-14-26(24)28/h7-11,13-17,21-22,29-30,39-40H,12,18-20H2,1-6H3,(H,37,43)(H,38,44)(H,41,45)(H,42,46)/b17-11+/t29-,30-/m0/s1. The molecule has 0 spiro atoms. The minimum atomic E-state index is -0.910. The smallest absolute Gasteiger partial charge is 0.408 e. The summed E-state index contributed by atoms with van der Waals surface area (Å²) in [5.74, 6) is -0.796. The quantitative estimate of drug-likeness (QED) is 0.112. The van der Waals surface area contributed by atoms with Gasteiger partial charge in [-0.2, -0.15) is 0 Å². The van der Waals surface area contributed by atoms with Crippen LogP contribution in [-0.4, -0.2) is 63.8 Å². The summed E-state index contributed by atoms with van der Waals surface area (Å²) in [7, 11) is 0. The Hall–Kier alpha value is -5.26. The minimum absolute atomic E-state index is 0.238. The fraction of sp³-hybridized carbons (Fsp3) is 0.389. The first-order valence-corrected chi connectivity index (χ1v) is 16.0. The second-order valence-corrected chi connectivity index (χ2v) is 13.5. The Balaban J connectivity index is 1.34. The van der Waals surface area contributed by atoms with E-state index >= 15 is 0 Å². The van der Waals surface area contributed by atoms with Crippen LogP contribution in [0.25, 0.3) is 21.8 Å². The van der Waals surface area contributed by atoms with Crippen molar-refractivity contribution in [3.05, 3.63) is 84.3 Å². The maximum absolute atomic E-state index is 13.2. The fourth-order valence-corrected chi connectivity index (χ4v) is 5.09. The lowest BCUT2D eigenvalue weighted by Crippen LogP contribution is -2.49. The third-order valence-electron chi connectivity index (χ3n) is 7.17. The lowest BCUT2D eigenvalue weighted by Gasteiger charge is -2.23. The van der Waals surface area contributed by atoms with Crippen molar-refractivity contribution in [2.24, 2.45) is 0 Å². The molecular weight excluding hydrogens is 612 g/mol. The van der Waals surface area contributed by atoms with Crippen LogP contribution in [0.3, 0.4) is 0 Å². The van der Waals surface area contributed by atoms with Gasteiger partial charge < -0.3 is 40.7 Å². The normalized spacial score (nSPS) is 13.2. The number of hydrogen-bond donors (Lipinski definition) is 6. The number of ether oxygens (including phenoxy) is 2. The lowest BCUT2D eigenvalue weighted by molar-refractivity contribution is -0.123. The summed E-state index contributed by atoms with van der Waals surface area (Å²) in [6.45, 7) is 10.8. The van der Waals surface area contributed by atoms with E-state index in [9.17, 15) is 19.2 Å². The monoisotopic (exact) mass is 658 g/mol. The molecule has 0 unspecified atom stereocenters. The van der Waals surface area contributed by atoms with Gasteiger partial charge in [-0.05, 0) is 77.4 Å². The van der Waals surface area contributed by atoms with Gasteiger partial charge in [-0.25, -0.2) is 9.59 Å². The van der Waals surface area contributed by atoms with Crippen molar-refractivity contribution >= 4 is 45.8 Å². The van der Waals surface area contributed by atoms with Crippen molar-refractivity contribution in [3.63, 3.8) is 0 Å². The van der Waals surface area contributed by atoms with Gasteiger partial charge in [0.05, 0.1) is 0 Å². The van der Waals surface area contributed by atoms with Crippen molar-refractivity contribution in [3.8, 4) is 0 Å². The molecule has 12 nitrogen and oxygen atoms in total. The number of nitrogens with one attached hydrogen (secondary N) is 6. The molecule has 4 aromatic rings. The average Bonchev–Trinajstić information content (AvgIpc) is 3.60. The summed E-state index contributed by atoms with van der Waals surface area (Å²) in [6, 6.07) is 13.7. The minimum Gasteiger partial charge on any atom is -0.444 e. The highest BCUT2D eigenvalue weighted by Gasteiger charge is 2.27. The van der Waals surface area contributed by atoms with Crippen LogP contribution in [0, 0.1) is 0 Å². The van der Waals surface area contributed by atoms with Crippen LogP contribution in [0.5, 0.6) is 0 Å². The molecule has 4 rings (SSSR count). The van der Waals surface area contributed by atoms with Crippen molar-refractivity contribution < 1.29 is 28.7 Å². The SMILES string of the molecule is CC(C)(C)OC(=O)N[C@@H](Cc1c[nH]c2ccccc12)C(=O)N/C=C/CCNC(=O)[C@H](Cc1c[nH]c2ccccc12)NC(=O)OC(C)(C)C. The van der Waals surface area contributed by atoms with Crippen LogP contribution >= 0.6 is 0 Å². The number of fused-ring (bicyclic) bond motifs is 2. The van der Waals surface area contributed by atoms with Crippen LogP contribution in [-0.2, 0) is 31.9 Å². The zero-order chi connectivity index (χ0) is 34.9. The number of para-hydroxylation sites is 2. The van der Waals surface area contributed by atoms with E-state index in [0.717, 1.165) is 32.9 Å². The summed E-state index contributed by atoms with van der Waals surface area (Å²) in [5, 5.41) is 12.9. The third kappa shape index (κ3) is 10.6. The van der Waals surface area contributed by atoms with Gasteiger partial charge in [0.2, 0.25) is 11.8 Å². The van der Waals surface area contributed by atoms with E-state index < -0.39 is 41.4 Å². The second kappa shape index (κ2) is 15.6. The molecule has 2 aromatic carbocycles. The molecular formula is C36H46N6O6. The average molecular weight is 659 g/mol. The van der Waals surface area contributed by atoms with Crippen LogP contribution < -0.4 is 21.3 Å². The second-order valence-electron chi connectivity index (χ2n) is 13.5. The highest BCUT2D eigenvalue weighted by atomic mass is 16.6. The Morgan fingerprint density at radius 3 is 1.65 bits per heavy atom. The lowest BCUT2D eigenvalue weighted by atomic mass is 10.0. The number of amides is 4. The Labute approximate surface area is 280 Å². The molecule has 0 bridgehead atoms. The molecule has 0 fully saturated rings. The maximum atomic E-state index is 13.2. The number of rotatable bonds is 12. The van der Waals surface area contributed by atoms with Gasteiger partial charge in [-0.3, -0.25) is 9.59 Å². The topological polar surface area (TPSA) is 166 Å². The Morgan fingerprint density at radius 2 is 1.17 bits per heavy atom. The van der Waals surface area contributed by atoms with Gasteiger partial charge >= 0.3 is 12.2 Å². The Bertz CT molecular complexity index is 1760. The van der Waals surface area contributed by atoms with Crippen molar-refractivity contribution in [2.75, 3.05) is 6.54 Å². The van der Waals surface area contributed by atoms with Gasteiger partial charge in [0, 0.05) is 53.6 Å². The highest BCUT2D eigenvalue weighted by molar-refractivity contribution is 5.90. The van der Waals surface area contributed by atoms with Crippen LogP contribution in [0.1, 0.15) is 59.1 Å². The van der Waals surface area contributed by atoms with Crippen LogP contribution in [0.15, 0.2) is 73.2 Å². The molecule has 2 atom stereocenters. The number of alkyl carbamates (subject to hydrolysis) is 2. The number of H-pyrrole nitrogens is 2. The number of benzene rings is 2.